The van der Waals surface area contributed by atoms with E-state index in [4.69, 9.17) is 4.74 Å². The third-order valence-corrected chi connectivity index (χ3v) is 10.1. The summed E-state index contributed by atoms with van der Waals surface area (Å²) in [4.78, 5) is 2.69. The fourth-order valence-electron chi connectivity index (χ4n) is 9.25. The van der Waals surface area contributed by atoms with Gasteiger partial charge in [0.15, 0.2) is 0 Å². The minimum absolute atomic E-state index is 0.147. The average Bonchev–Trinajstić information content (AvgIpc) is 3.07. The van der Waals surface area contributed by atoms with E-state index in [1.54, 1.807) is 0 Å². The Hall–Kier alpha value is -0.380. The van der Waals surface area contributed by atoms with Gasteiger partial charge in [-0.25, -0.2) is 0 Å². The van der Waals surface area contributed by atoms with E-state index in [0.29, 0.717) is 28.9 Å². The number of rotatable bonds is 0. The topological polar surface area (TPSA) is 32.7 Å². The number of ether oxygens (including phenoxy) is 1. The van der Waals surface area contributed by atoms with Gasteiger partial charge >= 0.3 is 0 Å². The Bertz CT molecular complexity index is 634. The number of fused-ring (bicyclic) bond motifs is 4. The molecule has 2 saturated heterocycles. The SMILES string of the molecule is C=C1[C@H]2CC[C@@]3(CC[C@@H]4[C@]5(C)CCC[C@]4(CN4CCO[C@@H]45)[C@@H]3C2)[C@@H]1O. The van der Waals surface area contributed by atoms with Crippen LogP contribution < -0.4 is 0 Å². The summed E-state index contributed by atoms with van der Waals surface area (Å²) in [5, 5.41) is 11.3. The van der Waals surface area contributed by atoms with Crippen LogP contribution in [0.3, 0.4) is 0 Å². The van der Waals surface area contributed by atoms with Crippen molar-refractivity contribution in [2.45, 2.75) is 70.6 Å². The first-order valence-electron chi connectivity index (χ1n) is 10.7. The van der Waals surface area contributed by atoms with Gasteiger partial charge < -0.3 is 9.84 Å². The highest BCUT2D eigenvalue weighted by molar-refractivity contribution is 5.28. The third kappa shape index (κ3) is 1.62. The molecule has 2 heterocycles. The molecule has 1 spiro atoms. The second kappa shape index (κ2) is 4.72. The molecule has 0 aromatic carbocycles. The molecular formula is C22H33NO2. The Morgan fingerprint density at radius 3 is 2.84 bits per heavy atom. The Morgan fingerprint density at radius 2 is 1.96 bits per heavy atom. The van der Waals surface area contributed by atoms with Crippen molar-refractivity contribution in [1.29, 1.82) is 0 Å². The van der Waals surface area contributed by atoms with Gasteiger partial charge in [-0.05, 0) is 73.7 Å². The first-order valence-corrected chi connectivity index (χ1v) is 10.7. The van der Waals surface area contributed by atoms with Crippen LogP contribution >= 0.6 is 0 Å². The second-order valence-corrected chi connectivity index (χ2v) is 10.6. The van der Waals surface area contributed by atoms with Gasteiger partial charge in [-0.15, -0.1) is 0 Å². The van der Waals surface area contributed by atoms with Gasteiger partial charge in [0.1, 0.15) is 6.23 Å². The molecule has 4 bridgehead atoms. The van der Waals surface area contributed by atoms with Crippen molar-refractivity contribution in [2.75, 3.05) is 19.7 Å². The molecule has 138 valence electrons. The lowest BCUT2D eigenvalue weighted by molar-refractivity contribution is -0.273. The molecule has 0 unspecified atom stereocenters. The Balaban J connectivity index is 1.49. The quantitative estimate of drug-likeness (QED) is 0.683. The molecule has 2 aliphatic heterocycles. The van der Waals surface area contributed by atoms with Gasteiger partial charge in [-0.2, -0.15) is 0 Å². The van der Waals surface area contributed by atoms with Gasteiger partial charge in [-0.1, -0.05) is 19.9 Å². The maximum absolute atomic E-state index is 11.3. The van der Waals surface area contributed by atoms with Gasteiger partial charge in [0.25, 0.3) is 0 Å². The molecule has 0 aromatic heterocycles. The van der Waals surface area contributed by atoms with Crippen LogP contribution in [0, 0.1) is 34.0 Å². The highest BCUT2D eigenvalue weighted by Crippen LogP contribution is 2.74. The van der Waals surface area contributed by atoms with Crippen LogP contribution in [0.4, 0.5) is 0 Å². The summed E-state index contributed by atoms with van der Waals surface area (Å²) >= 11 is 0. The predicted octanol–water partition coefficient (Wildman–Crippen LogP) is 3.58. The standard InChI is InChI=1S/C22H33NO2/c1-14-15-4-8-21(18(14)24)9-5-16-20(2)6-3-7-22(16,17(21)12-15)13-23-10-11-25-19(20)23/h15-19,24H,1,3-13H2,2H3/t15-,16+,17+,18+,19+,20-,21-,22+/m0/s1. The van der Waals surface area contributed by atoms with E-state index >= 15 is 0 Å². The van der Waals surface area contributed by atoms with Crippen molar-refractivity contribution < 1.29 is 9.84 Å². The average molecular weight is 344 g/mol. The molecule has 1 N–H and O–H groups in total. The molecule has 3 heteroatoms. The maximum atomic E-state index is 11.3. The van der Waals surface area contributed by atoms with E-state index in [1.807, 2.05) is 0 Å². The molecule has 8 atom stereocenters. The number of hydrogen-bond donors (Lipinski definition) is 1. The lowest BCUT2D eigenvalue weighted by Gasteiger charge is -2.73. The summed E-state index contributed by atoms with van der Waals surface area (Å²) < 4.78 is 6.29. The van der Waals surface area contributed by atoms with Crippen LogP contribution in [-0.4, -0.2) is 42.0 Å². The van der Waals surface area contributed by atoms with Crippen molar-refractivity contribution in [3.8, 4) is 0 Å². The molecule has 7 fully saturated rings. The number of piperidine rings is 1. The summed E-state index contributed by atoms with van der Waals surface area (Å²) in [7, 11) is 0. The Morgan fingerprint density at radius 1 is 1.12 bits per heavy atom. The monoisotopic (exact) mass is 343 g/mol. The lowest BCUT2D eigenvalue weighted by Crippen LogP contribution is -2.72. The molecular weight excluding hydrogens is 310 g/mol. The first kappa shape index (κ1) is 15.7. The third-order valence-electron chi connectivity index (χ3n) is 10.1. The molecule has 5 saturated carbocycles. The van der Waals surface area contributed by atoms with Crippen LogP contribution in [-0.2, 0) is 4.74 Å². The largest absolute Gasteiger partial charge is 0.388 e. The predicted molar refractivity (Wildman–Crippen MR) is 96.8 cm³/mol. The maximum Gasteiger partial charge on any atom is 0.116 e. The van der Waals surface area contributed by atoms with Crippen LogP contribution in [0.2, 0.25) is 0 Å². The van der Waals surface area contributed by atoms with E-state index < -0.39 is 0 Å². The number of nitrogens with zero attached hydrogens (tertiary/aromatic N) is 1. The summed E-state index contributed by atoms with van der Waals surface area (Å²) in [5.74, 6) is 2.08. The van der Waals surface area contributed by atoms with Gasteiger partial charge in [0.05, 0.1) is 12.7 Å². The number of aliphatic hydroxyl groups is 1. The van der Waals surface area contributed by atoms with Crippen LogP contribution in [0.25, 0.3) is 0 Å². The lowest BCUT2D eigenvalue weighted by atomic mass is 9.34. The number of hydrogen-bond acceptors (Lipinski definition) is 3. The van der Waals surface area contributed by atoms with E-state index in [0.717, 1.165) is 19.1 Å². The zero-order valence-corrected chi connectivity index (χ0v) is 15.7. The zero-order valence-electron chi connectivity index (χ0n) is 15.7. The molecule has 7 rings (SSSR count). The molecule has 25 heavy (non-hydrogen) atoms. The van der Waals surface area contributed by atoms with E-state index in [1.165, 1.54) is 63.5 Å². The van der Waals surface area contributed by atoms with Gasteiger partial charge in [-0.3, -0.25) is 4.90 Å². The summed E-state index contributed by atoms with van der Waals surface area (Å²) in [5.41, 5.74) is 2.07. The number of aliphatic hydroxyl groups excluding tert-OH is 1. The highest BCUT2D eigenvalue weighted by atomic mass is 16.5. The van der Waals surface area contributed by atoms with Crippen molar-refractivity contribution in [2.24, 2.45) is 34.0 Å². The van der Waals surface area contributed by atoms with Crippen molar-refractivity contribution in [1.82, 2.24) is 4.90 Å². The van der Waals surface area contributed by atoms with E-state index in [-0.39, 0.29) is 11.5 Å². The second-order valence-electron chi connectivity index (χ2n) is 10.6. The van der Waals surface area contributed by atoms with Crippen LogP contribution in [0.5, 0.6) is 0 Å². The molecule has 3 nitrogen and oxygen atoms in total. The molecule has 0 amide bonds. The minimum Gasteiger partial charge on any atom is -0.388 e. The molecule has 0 aromatic rings. The van der Waals surface area contributed by atoms with Crippen LogP contribution in [0.15, 0.2) is 12.2 Å². The fraction of sp³-hybridized carbons (Fsp3) is 0.909. The summed E-state index contributed by atoms with van der Waals surface area (Å²) in [6.07, 6.45) is 10.6. The van der Waals surface area contributed by atoms with Crippen molar-refractivity contribution >= 4 is 0 Å². The summed E-state index contributed by atoms with van der Waals surface area (Å²) in [6.45, 7) is 10.1. The zero-order chi connectivity index (χ0) is 17.0. The summed E-state index contributed by atoms with van der Waals surface area (Å²) in [6, 6.07) is 0. The molecule has 0 radical (unpaired) electrons. The van der Waals surface area contributed by atoms with Crippen molar-refractivity contribution in [3.63, 3.8) is 0 Å². The smallest absolute Gasteiger partial charge is 0.116 e. The normalized spacial score (nSPS) is 60.1. The van der Waals surface area contributed by atoms with Gasteiger partial charge in [0.2, 0.25) is 0 Å². The highest BCUT2D eigenvalue weighted by Gasteiger charge is 2.71. The molecule has 7 aliphatic rings. The van der Waals surface area contributed by atoms with Crippen molar-refractivity contribution in [3.05, 3.63) is 12.2 Å². The minimum atomic E-state index is -0.235. The van der Waals surface area contributed by atoms with Crippen LogP contribution in [0.1, 0.15) is 58.3 Å². The van der Waals surface area contributed by atoms with Gasteiger partial charge in [0, 0.05) is 23.9 Å². The van der Waals surface area contributed by atoms with E-state index in [9.17, 15) is 5.11 Å². The fourth-order valence-corrected chi connectivity index (χ4v) is 9.25. The van der Waals surface area contributed by atoms with E-state index in [2.05, 4.69) is 18.4 Å². The Labute approximate surface area is 151 Å². The Kier molecular flexibility index (Phi) is 2.95. The molecule has 5 aliphatic carbocycles. The first-order chi connectivity index (χ1) is 12.0.